The van der Waals surface area contributed by atoms with Crippen molar-refractivity contribution in [1.82, 2.24) is 0 Å². The summed E-state index contributed by atoms with van der Waals surface area (Å²) in [6.07, 6.45) is 4.51. The second-order valence-electron chi connectivity index (χ2n) is 3.06. The highest BCUT2D eigenvalue weighted by Crippen LogP contribution is 2.11. The van der Waals surface area contributed by atoms with Gasteiger partial charge in [0.1, 0.15) is 0 Å². The van der Waals surface area contributed by atoms with Crippen LogP contribution >= 0.6 is 0 Å². The normalized spacial score (nSPS) is 10.8. The van der Waals surface area contributed by atoms with Gasteiger partial charge < -0.3 is 5.73 Å². The van der Waals surface area contributed by atoms with Crippen LogP contribution in [0.2, 0.25) is 0 Å². The molecule has 64 valence electrons. The number of allylic oxidation sites excluding steroid dienone is 1. The van der Waals surface area contributed by atoms with Gasteiger partial charge in [-0.2, -0.15) is 0 Å². The van der Waals surface area contributed by atoms with Crippen molar-refractivity contribution in [3.8, 4) is 0 Å². The van der Waals surface area contributed by atoms with E-state index in [1.165, 1.54) is 16.7 Å². The molecule has 12 heavy (non-hydrogen) atoms. The standard InChI is InChI=1S/C11H15N/c1-9-5-6-10(2)11(8-9)4-3-7-12/h3,5-8H,4,12H2,1-2H3/b7-3-. The van der Waals surface area contributed by atoms with Crippen LogP contribution in [0, 0.1) is 13.8 Å². The fourth-order valence-corrected chi connectivity index (χ4v) is 1.22. The van der Waals surface area contributed by atoms with E-state index in [0.29, 0.717) is 0 Å². The minimum absolute atomic E-state index is 0.935. The van der Waals surface area contributed by atoms with Crippen molar-refractivity contribution < 1.29 is 0 Å². The van der Waals surface area contributed by atoms with E-state index in [9.17, 15) is 0 Å². The second-order valence-corrected chi connectivity index (χ2v) is 3.06. The number of nitrogens with two attached hydrogens (primary N) is 1. The highest BCUT2D eigenvalue weighted by molar-refractivity contribution is 5.31. The molecule has 0 aliphatic rings. The maximum Gasteiger partial charge on any atom is -0.00776 e. The largest absolute Gasteiger partial charge is 0.405 e. The van der Waals surface area contributed by atoms with Gasteiger partial charge in [0.05, 0.1) is 0 Å². The average molecular weight is 161 g/mol. The maximum absolute atomic E-state index is 5.28. The molecule has 1 heteroatoms. The van der Waals surface area contributed by atoms with E-state index in [0.717, 1.165) is 6.42 Å². The molecule has 0 aliphatic heterocycles. The lowest BCUT2D eigenvalue weighted by Gasteiger charge is -2.03. The molecule has 0 radical (unpaired) electrons. The first-order chi connectivity index (χ1) is 5.74. The highest BCUT2D eigenvalue weighted by Gasteiger charge is 1.95. The van der Waals surface area contributed by atoms with E-state index in [1.807, 2.05) is 6.08 Å². The number of hydrogen-bond acceptors (Lipinski definition) is 1. The van der Waals surface area contributed by atoms with Crippen LogP contribution in [-0.4, -0.2) is 0 Å². The molecular formula is C11H15N. The van der Waals surface area contributed by atoms with Gasteiger partial charge in [-0.05, 0) is 37.6 Å². The van der Waals surface area contributed by atoms with Gasteiger partial charge in [0.2, 0.25) is 0 Å². The van der Waals surface area contributed by atoms with Gasteiger partial charge in [-0.3, -0.25) is 0 Å². The van der Waals surface area contributed by atoms with E-state index < -0.39 is 0 Å². The Bertz CT molecular complexity index is 287. The molecule has 1 aromatic rings. The zero-order valence-corrected chi connectivity index (χ0v) is 7.67. The molecule has 0 amide bonds. The van der Waals surface area contributed by atoms with Gasteiger partial charge in [-0.25, -0.2) is 0 Å². The topological polar surface area (TPSA) is 26.0 Å². The van der Waals surface area contributed by atoms with E-state index in [4.69, 9.17) is 5.73 Å². The van der Waals surface area contributed by atoms with Gasteiger partial charge >= 0.3 is 0 Å². The minimum Gasteiger partial charge on any atom is -0.405 e. The summed E-state index contributed by atoms with van der Waals surface area (Å²) >= 11 is 0. The summed E-state index contributed by atoms with van der Waals surface area (Å²) in [5.74, 6) is 0. The van der Waals surface area contributed by atoms with E-state index in [1.54, 1.807) is 6.20 Å². The van der Waals surface area contributed by atoms with Gasteiger partial charge in [0.15, 0.2) is 0 Å². The molecule has 1 aromatic carbocycles. The molecule has 0 atom stereocenters. The van der Waals surface area contributed by atoms with Gasteiger partial charge in [-0.1, -0.05) is 29.8 Å². The lowest BCUT2D eigenvalue weighted by Crippen LogP contribution is -1.89. The molecule has 0 aliphatic carbocycles. The van der Waals surface area contributed by atoms with E-state index >= 15 is 0 Å². The van der Waals surface area contributed by atoms with Gasteiger partial charge in [-0.15, -0.1) is 0 Å². The Morgan fingerprint density at radius 3 is 2.75 bits per heavy atom. The predicted octanol–water partition coefficient (Wildman–Crippen LogP) is 2.32. The summed E-state index contributed by atoms with van der Waals surface area (Å²) in [4.78, 5) is 0. The summed E-state index contributed by atoms with van der Waals surface area (Å²) in [6, 6.07) is 6.48. The monoisotopic (exact) mass is 161 g/mol. The first kappa shape index (κ1) is 8.85. The third-order valence-electron chi connectivity index (χ3n) is 1.98. The molecule has 0 fully saturated rings. The molecule has 0 bridgehead atoms. The number of aryl methyl sites for hydroxylation is 2. The second kappa shape index (κ2) is 3.96. The first-order valence-corrected chi connectivity index (χ1v) is 4.17. The van der Waals surface area contributed by atoms with Crippen molar-refractivity contribution in [2.24, 2.45) is 5.73 Å². The highest BCUT2D eigenvalue weighted by atomic mass is 14.5. The SMILES string of the molecule is Cc1ccc(C)c(C/C=C\N)c1. The number of hydrogen-bond donors (Lipinski definition) is 1. The molecular weight excluding hydrogens is 146 g/mol. The van der Waals surface area contributed by atoms with Crippen molar-refractivity contribution in [1.29, 1.82) is 0 Å². The average Bonchev–Trinajstić information content (AvgIpc) is 2.07. The Balaban J connectivity index is 2.89. The zero-order valence-electron chi connectivity index (χ0n) is 7.67. The molecule has 0 unspecified atom stereocenters. The lowest BCUT2D eigenvalue weighted by atomic mass is 10.0. The van der Waals surface area contributed by atoms with Crippen molar-refractivity contribution >= 4 is 0 Å². The number of benzene rings is 1. The van der Waals surface area contributed by atoms with E-state index in [2.05, 4.69) is 32.0 Å². The minimum atomic E-state index is 0.935. The Kier molecular flexibility index (Phi) is 2.92. The van der Waals surface area contributed by atoms with Crippen LogP contribution in [0.3, 0.4) is 0 Å². The van der Waals surface area contributed by atoms with Crippen LogP contribution in [0.25, 0.3) is 0 Å². The summed E-state index contributed by atoms with van der Waals surface area (Å²) < 4.78 is 0. The fourth-order valence-electron chi connectivity index (χ4n) is 1.22. The summed E-state index contributed by atoms with van der Waals surface area (Å²) in [5, 5.41) is 0. The maximum atomic E-state index is 5.28. The Labute approximate surface area is 73.9 Å². The van der Waals surface area contributed by atoms with Crippen LogP contribution in [0.1, 0.15) is 16.7 Å². The molecule has 1 rings (SSSR count). The van der Waals surface area contributed by atoms with Crippen molar-refractivity contribution in [3.63, 3.8) is 0 Å². The molecule has 1 nitrogen and oxygen atoms in total. The molecule has 0 saturated heterocycles. The quantitative estimate of drug-likeness (QED) is 0.707. The van der Waals surface area contributed by atoms with Crippen LogP contribution in [0.4, 0.5) is 0 Å². The third kappa shape index (κ3) is 2.12. The Morgan fingerprint density at radius 1 is 1.33 bits per heavy atom. The smallest absolute Gasteiger partial charge is 0.00776 e. The van der Waals surface area contributed by atoms with Crippen molar-refractivity contribution in [2.45, 2.75) is 20.3 Å². The molecule has 0 saturated carbocycles. The van der Waals surface area contributed by atoms with Crippen LogP contribution < -0.4 is 5.73 Å². The van der Waals surface area contributed by atoms with Crippen LogP contribution in [0.5, 0.6) is 0 Å². The lowest BCUT2D eigenvalue weighted by molar-refractivity contribution is 1.19. The Morgan fingerprint density at radius 2 is 2.08 bits per heavy atom. The zero-order chi connectivity index (χ0) is 8.97. The predicted molar refractivity (Wildman–Crippen MR) is 52.9 cm³/mol. The summed E-state index contributed by atoms with van der Waals surface area (Å²) in [6.45, 7) is 4.23. The van der Waals surface area contributed by atoms with E-state index in [-0.39, 0.29) is 0 Å². The summed E-state index contributed by atoms with van der Waals surface area (Å²) in [7, 11) is 0. The molecule has 0 spiro atoms. The van der Waals surface area contributed by atoms with Crippen LogP contribution in [-0.2, 0) is 6.42 Å². The van der Waals surface area contributed by atoms with Gasteiger partial charge in [0.25, 0.3) is 0 Å². The van der Waals surface area contributed by atoms with Crippen LogP contribution in [0.15, 0.2) is 30.5 Å². The molecule has 2 N–H and O–H groups in total. The summed E-state index contributed by atoms with van der Waals surface area (Å²) in [5.41, 5.74) is 9.28. The first-order valence-electron chi connectivity index (χ1n) is 4.17. The fraction of sp³-hybridized carbons (Fsp3) is 0.273. The molecule has 0 heterocycles. The molecule has 0 aromatic heterocycles. The van der Waals surface area contributed by atoms with Crippen molar-refractivity contribution in [3.05, 3.63) is 47.2 Å². The van der Waals surface area contributed by atoms with Crippen molar-refractivity contribution in [2.75, 3.05) is 0 Å². The van der Waals surface area contributed by atoms with Gasteiger partial charge in [0, 0.05) is 0 Å². The Hall–Kier alpha value is -1.24. The number of rotatable bonds is 2. The third-order valence-corrected chi connectivity index (χ3v) is 1.98.